The maximum absolute atomic E-state index is 13.1. The molecule has 126 valence electrons. The van der Waals surface area contributed by atoms with E-state index in [1.807, 2.05) is 17.5 Å². The van der Waals surface area contributed by atoms with Crippen LogP contribution >= 0.6 is 11.3 Å². The molecule has 0 spiro atoms. The van der Waals surface area contributed by atoms with Gasteiger partial charge in [-0.25, -0.2) is 12.8 Å². The van der Waals surface area contributed by atoms with Gasteiger partial charge in [-0.3, -0.25) is 0 Å². The van der Waals surface area contributed by atoms with Gasteiger partial charge < -0.3 is 4.42 Å². The smallest absolute Gasteiger partial charge is 0.243 e. The van der Waals surface area contributed by atoms with Crippen molar-refractivity contribution in [2.45, 2.75) is 17.9 Å². The standard InChI is InChI=1S/C17H16FNO3S2/c18-15-3-5-17(6-4-15)24(20,21)19(12-14-8-10-22-13-14)9-7-16-2-1-11-23-16/h1-6,8,10-11,13H,7,9,12H2. The summed E-state index contributed by atoms with van der Waals surface area (Å²) in [6, 6.07) is 10.5. The van der Waals surface area contributed by atoms with Crippen LogP contribution in [-0.4, -0.2) is 19.3 Å². The number of nitrogens with zero attached hydrogens (tertiary/aromatic N) is 1. The van der Waals surface area contributed by atoms with Crippen LogP contribution in [0.15, 0.2) is 69.7 Å². The monoisotopic (exact) mass is 365 g/mol. The fourth-order valence-corrected chi connectivity index (χ4v) is 4.44. The Morgan fingerprint density at radius 3 is 2.54 bits per heavy atom. The van der Waals surface area contributed by atoms with Crippen molar-refractivity contribution in [1.82, 2.24) is 4.31 Å². The molecule has 0 unspecified atom stereocenters. The average Bonchev–Trinajstić information content (AvgIpc) is 3.25. The van der Waals surface area contributed by atoms with Gasteiger partial charge in [-0.05, 0) is 48.2 Å². The second kappa shape index (κ2) is 7.29. The van der Waals surface area contributed by atoms with Crippen molar-refractivity contribution in [2.24, 2.45) is 0 Å². The zero-order chi connectivity index (χ0) is 17.0. The normalized spacial score (nSPS) is 11.9. The molecule has 0 aliphatic rings. The van der Waals surface area contributed by atoms with E-state index in [1.54, 1.807) is 17.4 Å². The van der Waals surface area contributed by atoms with E-state index in [-0.39, 0.29) is 11.4 Å². The fraction of sp³-hybridized carbons (Fsp3) is 0.176. The lowest BCUT2D eigenvalue weighted by Gasteiger charge is -2.21. The summed E-state index contributed by atoms with van der Waals surface area (Å²) < 4.78 is 45.3. The lowest BCUT2D eigenvalue weighted by Crippen LogP contribution is -2.32. The van der Waals surface area contributed by atoms with Crippen molar-refractivity contribution in [2.75, 3.05) is 6.54 Å². The maximum Gasteiger partial charge on any atom is 0.243 e. The van der Waals surface area contributed by atoms with Crippen LogP contribution in [0.1, 0.15) is 10.4 Å². The molecule has 0 aliphatic heterocycles. The lowest BCUT2D eigenvalue weighted by molar-refractivity contribution is 0.408. The molecular weight excluding hydrogens is 349 g/mol. The highest BCUT2D eigenvalue weighted by molar-refractivity contribution is 7.89. The van der Waals surface area contributed by atoms with Gasteiger partial charge in [-0.15, -0.1) is 11.3 Å². The van der Waals surface area contributed by atoms with Crippen molar-refractivity contribution in [3.8, 4) is 0 Å². The van der Waals surface area contributed by atoms with Crippen molar-refractivity contribution >= 4 is 21.4 Å². The van der Waals surface area contributed by atoms with Gasteiger partial charge in [-0.1, -0.05) is 6.07 Å². The SMILES string of the molecule is O=S(=O)(c1ccc(F)cc1)N(CCc1cccs1)Cc1ccoc1. The van der Waals surface area contributed by atoms with Crippen LogP contribution in [0.5, 0.6) is 0 Å². The summed E-state index contributed by atoms with van der Waals surface area (Å²) in [5, 5.41) is 1.96. The van der Waals surface area contributed by atoms with Gasteiger partial charge in [0, 0.05) is 23.5 Å². The van der Waals surface area contributed by atoms with E-state index in [1.165, 1.54) is 29.0 Å². The van der Waals surface area contributed by atoms with Gasteiger partial charge in [-0.2, -0.15) is 4.31 Å². The molecule has 0 amide bonds. The Morgan fingerprint density at radius 2 is 1.92 bits per heavy atom. The number of thiophene rings is 1. The predicted molar refractivity (Wildman–Crippen MR) is 90.7 cm³/mol. The van der Waals surface area contributed by atoms with Gasteiger partial charge in [0.05, 0.1) is 17.4 Å². The minimum absolute atomic E-state index is 0.0820. The van der Waals surface area contributed by atoms with Crippen molar-refractivity contribution in [3.63, 3.8) is 0 Å². The number of rotatable bonds is 7. The summed E-state index contributed by atoms with van der Waals surface area (Å²) in [7, 11) is -3.72. The summed E-state index contributed by atoms with van der Waals surface area (Å²) in [5.74, 6) is -0.464. The number of hydrogen-bond donors (Lipinski definition) is 0. The van der Waals surface area contributed by atoms with E-state index in [0.717, 1.165) is 22.6 Å². The molecule has 2 heterocycles. The Morgan fingerprint density at radius 1 is 1.12 bits per heavy atom. The first kappa shape index (κ1) is 16.9. The van der Waals surface area contributed by atoms with Crippen LogP contribution in [0.3, 0.4) is 0 Å². The van der Waals surface area contributed by atoms with Gasteiger partial charge in [0.1, 0.15) is 5.82 Å². The van der Waals surface area contributed by atoms with E-state index in [9.17, 15) is 12.8 Å². The second-order valence-corrected chi connectivity index (χ2v) is 8.22. The first-order valence-corrected chi connectivity index (χ1v) is 9.67. The predicted octanol–water partition coefficient (Wildman–Crippen LogP) is 3.91. The molecule has 24 heavy (non-hydrogen) atoms. The van der Waals surface area contributed by atoms with E-state index in [2.05, 4.69) is 0 Å². The minimum atomic E-state index is -3.72. The quantitative estimate of drug-likeness (QED) is 0.638. The molecule has 7 heteroatoms. The molecule has 0 bridgehead atoms. The third-order valence-electron chi connectivity index (χ3n) is 3.58. The van der Waals surface area contributed by atoms with Crippen molar-refractivity contribution in [3.05, 3.63) is 76.6 Å². The van der Waals surface area contributed by atoms with Crippen LogP contribution in [0.4, 0.5) is 4.39 Å². The Labute approximate surface area is 144 Å². The molecule has 0 saturated carbocycles. The molecule has 2 aromatic heterocycles. The Hall–Kier alpha value is -1.96. The van der Waals surface area contributed by atoms with Crippen LogP contribution in [0.2, 0.25) is 0 Å². The topological polar surface area (TPSA) is 50.5 Å². The highest BCUT2D eigenvalue weighted by atomic mass is 32.2. The van der Waals surface area contributed by atoms with Gasteiger partial charge >= 0.3 is 0 Å². The summed E-state index contributed by atoms with van der Waals surface area (Å²) in [4.78, 5) is 1.19. The fourth-order valence-electron chi connectivity index (χ4n) is 2.32. The molecule has 0 fully saturated rings. The average molecular weight is 365 g/mol. The third-order valence-corrected chi connectivity index (χ3v) is 6.37. The Balaban J connectivity index is 1.85. The number of furan rings is 1. The zero-order valence-electron chi connectivity index (χ0n) is 12.8. The molecule has 0 aliphatic carbocycles. The molecule has 0 saturated heterocycles. The summed E-state index contributed by atoms with van der Waals surface area (Å²) >= 11 is 1.59. The minimum Gasteiger partial charge on any atom is -0.472 e. The summed E-state index contributed by atoms with van der Waals surface area (Å²) in [6.07, 6.45) is 3.66. The highest BCUT2D eigenvalue weighted by Crippen LogP contribution is 2.20. The van der Waals surface area contributed by atoms with Crippen molar-refractivity contribution in [1.29, 1.82) is 0 Å². The van der Waals surface area contributed by atoms with E-state index < -0.39 is 15.8 Å². The van der Waals surface area contributed by atoms with Gasteiger partial charge in [0.15, 0.2) is 0 Å². The van der Waals surface area contributed by atoms with Crippen molar-refractivity contribution < 1.29 is 17.2 Å². The second-order valence-electron chi connectivity index (χ2n) is 5.25. The molecule has 1 aromatic carbocycles. The molecular formula is C17H16FNO3S2. The number of benzene rings is 1. The van der Waals surface area contributed by atoms with Crippen LogP contribution < -0.4 is 0 Å². The molecule has 4 nitrogen and oxygen atoms in total. The molecule has 3 rings (SSSR count). The van der Waals surface area contributed by atoms with Crippen LogP contribution in [-0.2, 0) is 23.0 Å². The van der Waals surface area contributed by atoms with E-state index in [4.69, 9.17) is 4.42 Å². The third kappa shape index (κ3) is 3.92. The Kier molecular flexibility index (Phi) is 5.13. The number of sulfonamides is 1. The summed E-state index contributed by atoms with van der Waals surface area (Å²) in [5.41, 5.74) is 0.770. The van der Waals surface area contributed by atoms with E-state index >= 15 is 0 Å². The van der Waals surface area contributed by atoms with Gasteiger partial charge in [0.2, 0.25) is 10.0 Å². The van der Waals surface area contributed by atoms with E-state index in [0.29, 0.717) is 13.0 Å². The summed E-state index contributed by atoms with van der Waals surface area (Å²) in [6.45, 7) is 0.549. The Bertz CT molecular complexity index is 857. The largest absolute Gasteiger partial charge is 0.472 e. The highest BCUT2D eigenvalue weighted by Gasteiger charge is 2.25. The molecule has 0 atom stereocenters. The number of hydrogen-bond acceptors (Lipinski definition) is 4. The molecule has 0 radical (unpaired) electrons. The number of halogens is 1. The molecule has 0 N–H and O–H groups in total. The first-order valence-electron chi connectivity index (χ1n) is 7.35. The van der Waals surface area contributed by atoms with Gasteiger partial charge in [0.25, 0.3) is 0 Å². The maximum atomic E-state index is 13.1. The molecule has 3 aromatic rings. The first-order chi connectivity index (χ1) is 11.6. The van der Waals surface area contributed by atoms with Crippen LogP contribution in [0, 0.1) is 5.82 Å². The van der Waals surface area contributed by atoms with Crippen LogP contribution in [0.25, 0.3) is 0 Å². The lowest BCUT2D eigenvalue weighted by atomic mass is 10.3. The zero-order valence-corrected chi connectivity index (χ0v) is 14.4.